The van der Waals surface area contributed by atoms with E-state index in [-0.39, 0.29) is 13.1 Å². The Bertz CT molecular complexity index is 1100. The molecule has 0 atom stereocenters. The zero-order valence-electron chi connectivity index (χ0n) is 12.6. The molecular weight excluding hydrogens is 407 g/mol. The highest BCUT2D eigenvalue weighted by molar-refractivity contribution is 7.90. The third kappa shape index (κ3) is 2.96. The minimum Gasteiger partial charge on any atom is -0.358 e. The number of aromatic nitrogens is 2. The first-order chi connectivity index (χ1) is 11.8. The van der Waals surface area contributed by atoms with Gasteiger partial charge in [-0.1, -0.05) is 34.8 Å². The van der Waals surface area contributed by atoms with Crippen molar-refractivity contribution in [3.05, 3.63) is 56.9 Å². The van der Waals surface area contributed by atoms with E-state index in [1.807, 2.05) is 0 Å². The Labute approximate surface area is 158 Å². The molecule has 25 heavy (non-hydrogen) atoms. The molecular formula is C15H11Cl3N4O2S. The Morgan fingerprint density at radius 3 is 2.72 bits per heavy atom. The maximum atomic E-state index is 12.7. The lowest BCUT2D eigenvalue weighted by Gasteiger charge is -2.29. The number of anilines is 1. The molecule has 1 aromatic carbocycles. The van der Waals surface area contributed by atoms with Gasteiger partial charge in [0.25, 0.3) is 0 Å². The minimum atomic E-state index is -3.74. The van der Waals surface area contributed by atoms with Crippen molar-refractivity contribution in [2.45, 2.75) is 13.1 Å². The van der Waals surface area contributed by atoms with Gasteiger partial charge in [-0.15, -0.1) is 0 Å². The molecule has 0 amide bonds. The van der Waals surface area contributed by atoms with Gasteiger partial charge in [0, 0.05) is 37.1 Å². The van der Waals surface area contributed by atoms with Crippen molar-refractivity contribution in [1.82, 2.24) is 14.3 Å². The van der Waals surface area contributed by atoms with E-state index in [0.29, 0.717) is 37.2 Å². The number of H-pyrrole nitrogens is 1. The number of aromatic amines is 1. The van der Waals surface area contributed by atoms with E-state index in [2.05, 4.69) is 14.7 Å². The van der Waals surface area contributed by atoms with E-state index in [1.165, 1.54) is 10.5 Å². The number of nitrogens with one attached hydrogen (secondary N) is 2. The molecule has 130 valence electrons. The predicted molar refractivity (Wildman–Crippen MR) is 99.4 cm³/mol. The summed E-state index contributed by atoms with van der Waals surface area (Å²) in [6.07, 6.45) is 4.66. The van der Waals surface area contributed by atoms with Gasteiger partial charge in [-0.2, -0.15) is 12.7 Å². The summed E-state index contributed by atoms with van der Waals surface area (Å²) in [5.41, 5.74) is 2.48. The second-order valence-corrected chi connectivity index (χ2v) is 8.59. The van der Waals surface area contributed by atoms with Crippen LogP contribution < -0.4 is 4.72 Å². The topological polar surface area (TPSA) is 78.1 Å². The molecule has 0 radical (unpaired) electrons. The summed E-state index contributed by atoms with van der Waals surface area (Å²) in [5, 5.41) is 1.95. The highest BCUT2D eigenvalue weighted by Gasteiger charge is 2.31. The van der Waals surface area contributed by atoms with Gasteiger partial charge in [-0.25, -0.2) is 0 Å². The summed E-state index contributed by atoms with van der Waals surface area (Å²) in [7, 11) is -3.74. The van der Waals surface area contributed by atoms with Crippen LogP contribution in [0.1, 0.15) is 11.1 Å². The molecule has 1 aliphatic rings. The zero-order valence-corrected chi connectivity index (χ0v) is 15.6. The van der Waals surface area contributed by atoms with Gasteiger partial charge < -0.3 is 4.98 Å². The smallest absolute Gasteiger partial charge is 0.302 e. The number of nitrogens with zero attached hydrogens (tertiary/aromatic N) is 2. The van der Waals surface area contributed by atoms with Crippen LogP contribution >= 0.6 is 34.8 Å². The first-order valence-electron chi connectivity index (χ1n) is 7.20. The Morgan fingerprint density at radius 2 is 1.96 bits per heavy atom. The lowest BCUT2D eigenvalue weighted by molar-refractivity contribution is 0.400. The number of hydrogen-bond donors (Lipinski definition) is 2. The van der Waals surface area contributed by atoms with Crippen LogP contribution in [0.2, 0.25) is 15.1 Å². The fourth-order valence-corrected chi connectivity index (χ4v) is 4.96. The Kier molecular flexibility index (Phi) is 4.09. The molecule has 6 nitrogen and oxygen atoms in total. The summed E-state index contributed by atoms with van der Waals surface area (Å²) >= 11 is 18.4. The molecule has 2 N–H and O–H groups in total. The molecule has 0 saturated carbocycles. The van der Waals surface area contributed by atoms with Crippen LogP contribution in [0, 0.1) is 0 Å². The molecule has 0 fully saturated rings. The van der Waals surface area contributed by atoms with Crippen LogP contribution in [0.15, 0.2) is 30.7 Å². The molecule has 4 rings (SSSR count). The third-order valence-corrected chi connectivity index (χ3v) is 6.18. The molecule has 0 bridgehead atoms. The Balaban J connectivity index is 1.78. The molecule has 0 unspecified atom stereocenters. The van der Waals surface area contributed by atoms with Gasteiger partial charge >= 0.3 is 10.2 Å². The maximum Gasteiger partial charge on any atom is 0.302 e. The quantitative estimate of drug-likeness (QED) is 0.656. The van der Waals surface area contributed by atoms with Crippen LogP contribution in [-0.4, -0.2) is 22.7 Å². The summed E-state index contributed by atoms with van der Waals surface area (Å²) in [6, 6.07) is 3.41. The average Bonchev–Trinajstić information content (AvgIpc) is 2.92. The molecule has 0 saturated heterocycles. The second-order valence-electron chi connectivity index (χ2n) is 5.67. The first-order valence-corrected chi connectivity index (χ1v) is 9.78. The van der Waals surface area contributed by atoms with Crippen LogP contribution in [-0.2, 0) is 23.3 Å². The van der Waals surface area contributed by atoms with Crippen LogP contribution in [0.5, 0.6) is 0 Å². The Hall–Kier alpha value is -1.51. The van der Waals surface area contributed by atoms with Crippen molar-refractivity contribution < 1.29 is 8.42 Å². The Morgan fingerprint density at radius 1 is 1.16 bits per heavy atom. The van der Waals surface area contributed by atoms with E-state index in [1.54, 1.807) is 24.5 Å². The minimum absolute atomic E-state index is 0.142. The molecule has 2 aromatic heterocycles. The van der Waals surface area contributed by atoms with Gasteiger partial charge in [0.2, 0.25) is 0 Å². The summed E-state index contributed by atoms with van der Waals surface area (Å²) < 4.78 is 29.2. The monoisotopic (exact) mass is 416 g/mol. The van der Waals surface area contributed by atoms with E-state index < -0.39 is 10.2 Å². The zero-order chi connectivity index (χ0) is 17.8. The van der Waals surface area contributed by atoms with Crippen LogP contribution in [0.4, 0.5) is 5.69 Å². The summed E-state index contributed by atoms with van der Waals surface area (Å²) in [6.45, 7) is 0.312. The summed E-state index contributed by atoms with van der Waals surface area (Å²) in [4.78, 5) is 6.96. The molecule has 3 heterocycles. The number of pyridine rings is 1. The predicted octanol–water partition coefficient (Wildman–Crippen LogP) is 4.20. The first kappa shape index (κ1) is 16.9. The fraction of sp³-hybridized carbons (Fsp3) is 0.133. The number of halogens is 3. The maximum absolute atomic E-state index is 12.7. The van der Waals surface area contributed by atoms with Gasteiger partial charge in [0.05, 0.1) is 26.3 Å². The summed E-state index contributed by atoms with van der Waals surface area (Å²) in [5.74, 6) is 0. The normalized spacial score (nSPS) is 16.6. The number of benzene rings is 1. The van der Waals surface area contributed by atoms with E-state index in [9.17, 15) is 8.42 Å². The van der Waals surface area contributed by atoms with Crippen LogP contribution in [0.25, 0.3) is 10.9 Å². The number of rotatable bonds is 2. The van der Waals surface area contributed by atoms with Crippen molar-refractivity contribution >= 4 is 61.6 Å². The number of fused-ring (bicyclic) bond motifs is 3. The van der Waals surface area contributed by atoms with Crippen molar-refractivity contribution in [1.29, 1.82) is 0 Å². The highest BCUT2D eigenvalue weighted by atomic mass is 35.5. The molecule has 3 aromatic rings. The van der Waals surface area contributed by atoms with Gasteiger partial charge in [0.15, 0.2) is 0 Å². The third-order valence-electron chi connectivity index (χ3n) is 3.98. The van der Waals surface area contributed by atoms with Gasteiger partial charge in [-0.05, 0) is 23.3 Å². The van der Waals surface area contributed by atoms with E-state index in [4.69, 9.17) is 34.8 Å². The lowest BCUT2D eigenvalue weighted by atomic mass is 10.1. The second kappa shape index (κ2) is 6.03. The fourth-order valence-electron chi connectivity index (χ4n) is 2.88. The van der Waals surface area contributed by atoms with E-state index in [0.717, 1.165) is 5.56 Å². The van der Waals surface area contributed by atoms with Crippen molar-refractivity contribution in [2.75, 3.05) is 4.72 Å². The highest BCUT2D eigenvalue weighted by Crippen LogP contribution is 2.40. The van der Waals surface area contributed by atoms with Gasteiger partial charge in [0.1, 0.15) is 0 Å². The van der Waals surface area contributed by atoms with Crippen molar-refractivity contribution in [3.8, 4) is 0 Å². The van der Waals surface area contributed by atoms with E-state index >= 15 is 0 Å². The SMILES string of the molecule is O=S1(=O)Nc2c(cc(Cl)c3c(Cl)c[nH]c23)CN1Cc1cncc(Cl)c1. The average molecular weight is 418 g/mol. The number of hydrogen-bond acceptors (Lipinski definition) is 3. The van der Waals surface area contributed by atoms with Crippen molar-refractivity contribution in [3.63, 3.8) is 0 Å². The van der Waals surface area contributed by atoms with Crippen LogP contribution in [0.3, 0.4) is 0 Å². The molecule has 0 aliphatic carbocycles. The largest absolute Gasteiger partial charge is 0.358 e. The van der Waals surface area contributed by atoms with Crippen molar-refractivity contribution in [2.24, 2.45) is 0 Å². The molecule has 1 aliphatic heterocycles. The standard InChI is InChI=1S/C15H11Cl3N4O2S/c16-10-1-8(3-19-4-10)6-22-7-9-2-11(17)13-12(18)5-20-15(13)14(9)21-25(22,23)24/h1-5,20-21H,6-7H2. The molecule has 10 heteroatoms. The van der Waals surface area contributed by atoms with Gasteiger partial charge in [-0.3, -0.25) is 9.71 Å². The lowest BCUT2D eigenvalue weighted by Crippen LogP contribution is -2.39. The molecule has 0 spiro atoms.